The second-order valence-corrected chi connectivity index (χ2v) is 3.62. The molecule has 2 N–H and O–H groups in total. The summed E-state index contributed by atoms with van der Waals surface area (Å²) in [5, 5.41) is 3.36. The Balaban J connectivity index is 2.32. The number of aromatic amines is 1. The van der Waals surface area contributed by atoms with Gasteiger partial charge in [-0.2, -0.15) is 0 Å². The van der Waals surface area contributed by atoms with Crippen molar-refractivity contribution in [3.8, 4) is 5.75 Å². The second kappa shape index (κ2) is 5.45. The molecule has 5 heteroatoms. The molecule has 2 aromatic rings. The summed E-state index contributed by atoms with van der Waals surface area (Å²) in [6, 6.07) is 1.97. The number of nitrogens with zero attached hydrogens (tertiary/aromatic N) is 2. The predicted octanol–water partition coefficient (Wildman–Crippen LogP) is 1.51. The topological polar surface area (TPSA) is 62.8 Å². The molecule has 0 aliphatic rings. The minimum absolute atomic E-state index is 0.0117. The van der Waals surface area contributed by atoms with Gasteiger partial charge in [-0.05, 0) is 18.2 Å². The molecule has 17 heavy (non-hydrogen) atoms. The van der Waals surface area contributed by atoms with Gasteiger partial charge in [0.15, 0.2) is 0 Å². The third kappa shape index (κ3) is 2.62. The number of rotatable bonds is 5. The molecular weight excluding hydrogens is 216 g/mol. The molecule has 0 saturated carbocycles. The average molecular weight is 232 g/mol. The van der Waals surface area contributed by atoms with E-state index in [1.165, 1.54) is 0 Å². The smallest absolute Gasteiger partial charge is 0.137 e. The van der Waals surface area contributed by atoms with Crippen LogP contribution >= 0.6 is 0 Å². The van der Waals surface area contributed by atoms with Gasteiger partial charge >= 0.3 is 0 Å². The fraction of sp³-hybridized carbons (Fsp3) is 0.333. The number of hydrogen-bond acceptors (Lipinski definition) is 4. The molecule has 0 fully saturated rings. The highest BCUT2D eigenvalue weighted by molar-refractivity contribution is 5.29. The van der Waals surface area contributed by atoms with E-state index in [2.05, 4.69) is 27.2 Å². The van der Waals surface area contributed by atoms with E-state index in [1.54, 1.807) is 19.5 Å². The Morgan fingerprint density at radius 2 is 2.35 bits per heavy atom. The van der Waals surface area contributed by atoms with Crippen LogP contribution in [0.15, 0.2) is 30.9 Å². The van der Waals surface area contributed by atoms with Gasteiger partial charge in [0.1, 0.15) is 11.6 Å². The number of aromatic nitrogens is 3. The van der Waals surface area contributed by atoms with Gasteiger partial charge in [0.25, 0.3) is 0 Å². The van der Waals surface area contributed by atoms with Crippen molar-refractivity contribution >= 4 is 0 Å². The van der Waals surface area contributed by atoms with Gasteiger partial charge in [-0.25, -0.2) is 4.98 Å². The highest BCUT2D eigenvalue weighted by Gasteiger charge is 2.15. The lowest BCUT2D eigenvalue weighted by atomic mass is 10.1. The van der Waals surface area contributed by atoms with Crippen molar-refractivity contribution in [3.05, 3.63) is 42.2 Å². The molecule has 1 unspecified atom stereocenters. The van der Waals surface area contributed by atoms with Gasteiger partial charge < -0.3 is 15.0 Å². The van der Waals surface area contributed by atoms with E-state index in [0.717, 1.165) is 23.7 Å². The van der Waals surface area contributed by atoms with Crippen LogP contribution in [0.4, 0.5) is 0 Å². The van der Waals surface area contributed by atoms with Gasteiger partial charge in [0.2, 0.25) is 0 Å². The molecule has 0 aromatic carbocycles. The lowest BCUT2D eigenvalue weighted by Crippen LogP contribution is -2.23. The lowest BCUT2D eigenvalue weighted by molar-refractivity contribution is 0.411. The summed E-state index contributed by atoms with van der Waals surface area (Å²) in [5.74, 6) is 1.62. The Morgan fingerprint density at radius 1 is 1.47 bits per heavy atom. The van der Waals surface area contributed by atoms with E-state index < -0.39 is 0 Å². The van der Waals surface area contributed by atoms with Gasteiger partial charge in [0, 0.05) is 18.6 Å². The zero-order valence-electron chi connectivity index (χ0n) is 9.97. The number of nitrogens with one attached hydrogen (secondary N) is 2. The maximum absolute atomic E-state index is 5.18. The quantitative estimate of drug-likeness (QED) is 0.820. The standard InChI is InChI=1S/C12H16N4O/c1-3-14-11(12-15-4-5-16-12)9-6-10(17-2)8-13-7-9/h4-8,11,14H,3H2,1-2H3,(H,15,16). The molecule has 0 spiro atoms. The highest BCUT2D eigenvalue weighted by atomic mass is 16.5. The Bertz CT molecular complexity index is 455. The molecule has 2 heterocycles. The van der Waals surface area contributed by atoms with E-state index >= 15 is 0 Å². The first-order chi connectivity index (χ1) is 8.35. The Hall–Kier alpha value is -1.88. The first kappa shape index (κ1) is 11.6. The highest BCUT2D eigenvalue weighted by Crippen LogP contribution is 2.21. The Kier molecular flexibility index (Phi) is 3.72. The van der Waals surface area contributed by atoms with Crippen LogP contribution < -0.4 is 10.1 Å². The molecule has 0 aliphatic heterocycles. The van der Waals surface area contributed by atoms with Gasteiger partial charge in [-0.1, -0.05) is 6.92 Å². The van der Waals surface area contributed by atoms with Gasteiger partial charge in [0.05, 0.1) is 19.3 Å². The molecule has 90 valence electrons. The number of pyridine rings is 1. The van der Waals surface area contributed by atoms with Crippen molar-refractivity contribution < 1.29 is 4.74 Å². The first-order valence-corrected chi connectivity index (χ1v) is 5.56. The van der Waals surface area contributed by atoms with E-state index in [1.807, 2.05) is 18.5 Å². The minimum Gasteiger partial charge on any atom is -0.495 e. The van der Waals surface area contributed by atoms with Crippen molar-refractivity contribution in [2.45, 2.75) is 13.0 Å². The Morgan fingerprint density at radius 3 is 3.00 bits per heavy atom. The molecule has 1 atom stereocenters. The van der Waals surface area contributed by atoms with E-state index in [0.29, 0.717) is 0 Å². The number of methoxy groups -OCH3 is 1. The second-order valence-electron chi connectivity index (χ2n) is 3.62. The zero-order valence-corrected chi connectivity index (χ0v) is 9.97. The third-order valence-electron chi connectivity index (χ3n) is 2.50. The molecule has 2 rings (SSSR count). The number of hydrogen-bond donors (Lipinski definition) is 2. The maximum Gasteiger partial charge on any atom is 0.137 e. The van der Waals surface area contributed by atoms with Crippen LogP contribution in [0, 0.1) is 0 Å². The molecule has 0 bridgehead atoms. The van der Waals surface area contributed by atoms with Crippen LogP contribution in [0.1, 0.15) is 24.4 Å². The Labute approximate surface area is 100 Å². The molecule has 2 aromatic heterocycles. The van der Waals surface area contributed by atoms with Crippen molar-refractivity contribution in [2.24, 2.45) is 0 Å². The first-order valence-electron chi connectivity index (χ1n) is 5.56. The summed E-state index contributed by atoms with van der Waals surface area (Å²) < 4.78 is 5.18. The van der Waals surface area contributed by atoms with Crippen LogP contribution in [0.2, 0.25) is 0 Å². The summed E-state index contributed by atoms with van der Waals surface area (Å²) in [4.78, 5) is 11.6. The van der Waals surface area contributed by atoms with Crippen LogP contribution in [0.5, 0.6) is 5.75 Å². The number of ether oxygens (including phenoxy) is 1. The van der Waals surface area contributed by atoms with E-state index in [4.69, 9.17) is 4.74 Å². The fourth-order valence-corrected chi connectivity index (χ4v) is 1.72. The summed E-state index contributed by atoms with van der Waals surface area (Å²) in [5.41, 5.74) is 1.03. The minimum atomic E-state index is 0.0117. The zero-order chi connectivity index (χ0) is 12.1. The van der Waals surface area contributed by atoms with Crippen molar-refractivity contribution in [1.29, 1.82) is 0 Å². The van der Waals surface area contributed by atoms with Crippen LogP contribution in [-0.4, -0.2) is 28.6 Å². The number of imidazole rings is 1. The van der Waals surface area contributed by atoms with Crippen LogP contribution in [0.25, 0.3) is 0 Å². The molecule has 0 aliphatic carbocycles. The summed E-state index contributed by atoms with van der Waals surface area (Å²) in [6.07, 6.45) is 7.06. The van der Waals surface area contributed by atoms with E-state index in [9.17, 15) is 0 Å². The average Bonchev–Trinajstić information content (AvgIpc) is 2.89. The number of H-pyrrole nitrogens is 1. The van der Waals surface area contributed by atoms with Crippen molar-refractivity contribution in [3.63, 3.8) is 0 Å². The molecular formula is C12H16N4O. The predicted molar refractivity (Wildman–Crippen MR) is 64.9 cm³/mol. The van der Waals surface area contributed by atoms with Gasteiger partial charge in [-0.15, -0.1) is 0 Å². The van der Waals surface area contributed by atoms with Gasteiger partial charge in [-0.3, -0.25) is 4.98 Å². The molecule has 0 radical (unpaired) electrons. The van der Waals surface area contributed by atoms with Crippen molar-refractivity contribution in [2.75, 3.05) is 13.7 Å². The van der Waals surface area contributed by atoms with Crippen LogP contribution in [0.3, 0.4) is 0 Å². The summed E-state index contributed by atoms with van der Waals surface area (Å²) >= 11 is 0. The third-order valence-corrected chi connectivity index (χ3v) is 2.50. The molecule has 0 amide bonds. The monoisotopic (exact) mass is 232 g/mol. The normalized spacial score (nSPS) is 12.4. The largest absolute Gasteiger partial charge is 0.495 e. The van der Waals surface area contributed by atoms with Crippen LogP contribution in [-0.2, 0) is 0 Å². The summed E-state index contributed by atoms with van der Waals surface area (Å²) in [6.45, 7) is 2.91. The maximum atomic E-state index is 5.18. The molecule has 5 nitrogen and oxygen atoms in total. The van der Waals surface area contributed by atoms with Crippen molar-refractivity contribution in [1.82, 2.24) is 20.3 Å². The summed E-state index contributed by atoms with van der Waals surface area (Å²) in [7, 11) is 1.63. The SMILES string of the molecule is CCNC(c1cncc(OC)c1)c1ncc[nH]1. The fourth-order valence-electron chi connectivity index (χ4n) is 1.72. The van der Waals surface area contributed by atoms with E-state index in [-0.39, 0.29) is 6.04 Å². The lowest BCUT2D eigenvalue weighted by Gasteiger charge is -2.16. The molecule has 0 saturated heterocycles.